The van der Waals surface area contributed by atoms with Gasteiger partial charge in [0.15, 0.2) is 5.96 Å². The molecule has 0 aliphatic carbocycles. The van der Waals surface area contributed by atoms with Crippen LogP contribution in [0.1, 0.15) is 39.1 Å². The predicted octanol–water partition coefficient (Wildman–Crippen LogP) is -1.21. The van der Waals surface area contributed by atoms with Crippen LogP contribution in [-0.2, 0) is 30.1 Å². The SMILES string of the molecule is Cn1c(=O)c(=O)n(C)c2cc(C(=O)Nc3ccc4c(c3)C(=O)NC[C@@H](N)C(=O)N[C@@H](Cc3ccc(N)cc3)C(=O)N[C@@H](CCCN=C(N)N)CO4)ccc21. The Bertz CT molecular complexity index is 2230. The van der Waals surface area contributed by atoms with Gasteiger partial charge in [-0.3, -0.25) is 33.8 Å². The molecule has 0 bridgehead atoms. The quantitative estimate of drug-likeness (QED) is 0.0349. The van der Waals surface area contributed by atoms with Gasteiger partial charge in [-0.05, 0) is 66.9 Å². The molecule has 0 saturated heterocycles. The van der Waals surface area contributed by atoms with Gasteiger partial charge in [-0.15, -0.1) is 0 Å². The van der Waals surface area contributed by atoms with Crippen molar-refractivity contribution in [3.63, 3.8) is 0 Å². The number of nitrogens with one attached hydrogen (secondary N) is 4. The summed E-state index contributed by atoms with van der Waals surface area (Å²) in [5.41, 5.74) is 24.0. The van der Waals surface area contributed by atoms with Crippen molar-refractivity contribution in [1.29, 1.82) is 0 Å². The maximum atomic E-state index is 13.7. The number of aromatic nitrogens is 2. The van der Waals surface area contributed by atoms with Crippen molar-refractivity contribution in [2.75, 3.05) is 30.7 Å². The molecule has 18 heteroatoms. The number of ether oxygens (including phenoxy) is 1. The van der Waals surface area contributed by atoms with Crippen LogP contribution in [0.15, 0.2) is 75.2 Å². The number of hydrogen-bond donors (Lipinski definition) is 8. The summed E-state index contributed by atoms with van der Waals surface area (Å²) < 4.78 is 8.51. The summed E-state index contributed by atoms with van der Waals surface area (Å²) in [6, 6.07) is 13.0. The zero-order valence-corrected chi connectivity index (χ0v) is 29.8. The number of rotatable bonds is 8. The lowest BCUT2D eigenvalue weighted by molar-refractivity contribution is -0.130. The van der Waals surface area contributed by atoms with E-state index in [0.717, 1.165) is 5.56 Å². The molecule has 12 N–H and O–H groups in total. The molecule has 0 spiro atoms. The van der Waals surface area contributed by atoms with E-state index in [1.807, 2.05) is 0 Å². The van der Waals surface area contributed by atoms with Gasteiger partial charge in [-0.25, -0.2) is 0 Å². The molecule has 18 nitrogen and oxygen atoms in total. The molecule has 54 heavy (non-hydrogen) atoms. The smallest absolute Gasteiger partial charge is 0.316 e. The molecule has 0 unspecified atom stereocenters. The first-order chi connectivity index (χ1) is 25.7. The lowest BCUT2D eigenvalue weighted by Crippen LogP contribution is -2.56. The van der Waals surface area contributed by atoms with Crippen molar-refractivity contribution in [2.24, 2.45) is 36.3 Å². The van der Waals surface area contributed by atoms with Gasteiger partial charge in [0.1, 0.15) is 24.4 Å². The van der Waals surface area contributed by atoms with Gasteiger partial charge in [0.25, 0.3) is 11.8 Å². The summed E-state index contributed by atoms with van der Waals surface area (Å²) >= 11 is 0. The molecule has 4 amide bonds. The molecule has 1 aromatic heterocycles. The number of amides is 4. The van der Waals surface area contributed by atoms with Crippen LogP contribution in [0.3, 0.4) is 0 Å². The average molecular weight is 742 g/mol. The van der Waals surface area contributed by atoms with Crippen LogP contribution < -0.4 is 60.1 Å². The molecule has 284 valence electrons. The molecule has 4 aromatic rings. The normalized spacial score (nSPS) is 17.9. The van der Waals surface area contributed by atoms with Crippen LogP contribution in [0.4, 0.5) is 11.4 Å². The van der Waals surface area contributed by atoms with E-state index in [1.165, 1.54) is 53.6 Å². The van der Waals surface area contributed by atoms with E-state index in [2.05, 4.69) is 26.3 Å². The lowest BCUT2D eigenvalue weighted by Gasteiger charge is -2.26. The van der Waals surface area contributed by atoms with Crippen LogP contribution >= 0.6 is 0 Å². The van der Waals surface area contributed by atoms with Gasteiger partial charge in [-0.2, -0.15) is 0 Å². The highest BCUT2D eigenvalue weighted by atomic mass is 16.5. The highest BCUT2D eigenvalue weighted by molar-refractivity contribution is 6.07. The molecule has 5 rings (SSSR count). The number of carbonyl (C=O) groups excluding carboxylic acids is 4. The van der Waals surface area contributed by atoms with E-state index in [9.17, 15) is 28.8 Å². The minimum Gasteiger partial charge on any atom is -0.491 e. The summed E-state index contributed by atoms with van der Waals surface area (Å²) in [5, 5.41) is 11.0. The Morgan fingerprint density at radius 2 is 1.61 bits per heavy atom. The van der Waals surface area contributed by atoms with Crippen molar-refractivity contribution in [3.05, 3.63) is 98.1 Å². The van der Waals surface area contributed by atoms with Gasteiger partial charge in [0, 0.05) is 50.5 Å². The van der Waals surface area contributed by atoms with Crippen molar-refractivity contribution in [2.45, 2.75) is 37.4 Å². The number of nitrogen functional groups attached to an aromatic ring is 1. The Hall–Kier alpha value is -6.69. The molecule has 1 aliphatic rings. The Labute approximate surface area is 308 Å². The highest BCUT2D eigenvalue weighted by Crippen LogP contribution is 2.25. The number of guanidine groups is 1. The summed E-state index contributed by atoms with van der Waals surface area (Å²) in [5.74, 6) is -2.31. The summed E-state index contributed by atoms with van der Waals surface area (Å²) in [7, 11) is 2.91. The minimum absolute atomic E-state index is 0.0141. The number of benzene rings is 3. The maximum Gasteiger partial charge on any atom is 0.316 e. The van der Waals surface area contributed by atoms with Crippen LogP contribution in [-0.4, -0.2) is 76.5 Å². The third-order valence-corrected chi connectivity index (χ3v) is 8.90. The Kier molecular flexibility index (Phi) is 12.0. The zero-order valence-electron chi connectivity index (χ0n) is 29.8. The van der Waals surface area contributed by atoms with Crippen molar-refractivity contribution >= 4 is 52.0 Å². The minimum atomic E-state index is -1.23. The van der Waals surface area contributed by atoms with E-state index in [-0.39, 0.29) is 54.6 Å². The lowest BCUT2D eigenvalue weighted by atomic mass is 10.0. The predicted molar refractivity (Wildman–Crippen MR) is 203 cm³/mol. The van der Waals surface area contributed by atoms with E-state index < -0.39 is 52.9 Å². The van der Waals surface area contributed by atoms with E-state index >= 15 is 0 Å². The Morgan fingerprint density at radius 3 is 2.31 bits per heavy atom. The molecule has 1 aliphatic heterocycles. The van der Waals surface area contributed by atoms with Crippen molar-refractivity contribution < 1.29 is 23.9 Å². The molecule has 0 saturated carbocycles. The van der Waals surface area contributed by atoms with Crippen LogP contribution in [0.5, 0.6) is 5.75 Å². The first-order valence-electron chi connectivity index (χ1n) is 17.0. The number of carbonyl (C=O) groups is 4. The number of nitrogens with two attached hydrogens (primary N) is 4. The molecule has 0 radical (unpaired) electrons. The first kappa shape index (κ1) is 38.5. The third kappa shape index (κ3) is 9.20. The topological polar surface area (TPSA) is 286 Å². The average Bonchev–Trinajstić information content (AvgIpc) is 3.15. The number of hydrogen-bond acceptors (Lipinski definition) is 10. The Balaban J connectivity index is 1.42. The Morgan fingerprint density at radius 1 is 0.907 bits per heavy atom. The second-order valence-corrected chi connectivity index (χ2v) is 12.9. The first-order valence-corrected chi connectivity index (χ1v) is 17.0. The second-order valence-electron chi connectivity index (χ2n) is 12.9. The summed E-state index contributed by atoms with van der Waals surface area (Å²) in [6.07, 6.45) is 0.961. The molecule has 3 atom stereocenters. The second kappa shape index (κ2) is 16.8. The van der Waals surface area contributed by atoms with Gasteiger partial charge in [-0.1, -0.05) is 12.1 Å². The van der Waals surface area contributed by atoms with Crippen LogP contribution in [0.25, 0.3) is 11.0 Å². The zero-order chi connectivity index (χ0) is 39.1. The number of anilines is 2. The fraction of sp³-hybridized carbons (Fsp3) is 0.306. The number of aliphatic imine (C=N–C) groups is 1. The fourth-order valence-electron chi connectivity index (χ4n) is 5.84. The van der Waals surface area contributed by atoms with E-state index in [0.29, 0.717) is 29.6 Å². The molecule has 3 aromatic carbocycles. The molecule has 2 heterocycles. The highest BCUT2D eigenvalue weighted by Gasteiger charge is 2.28. The van der Waals surface area contributed by atoms with Gasteiger partial charge >= 0.3 is 11.1 Å². The summed E-state index contributed by atoms with van der Waals surface area (Å²) in [6.45, 7) is -0.0919. The van der Waals surface area contributed by atoms with Crippen molar-refractivity contribution in [3.8, 4) is 5.75 Å². The number of aryl methyl sites for hydroxylation is 2. The molecular formula is C36H43N11O7. The van der Waals surface area contributed by atoms with Crippen LogP contribution in [0, 0.1) is 0 Å². The van der Waals surface area contributed by atoms with Crippen molar-refractivity contribution in [1.82, 2.24) is 25.1 Å². The van der Waals surface area contributed by atoms with Gasteiger partial charge < -0.3 is 58.1 Å². The number of fused-ring (bicyclic) bond motifs is 2. The summed E-state index contributed by atoms with van der Waals surface area (Å²) in [4.78, 5) is 82.5. The molecule has 0 fully saturated rings. The monoisotopic (exact) mass is 741 g/mol. The molecular weight excluding hydrogens is 698 g/mol. The number of nitrogens with zero attached hydrogens (tertiary/aromatic N) is 3. The standard InChI is InChI=1S/C36H43N11O7/c1-46-27-11-7-20(15-28(27)47(2)35(53)34(46)52)30(48)43-22-10-12-29-24(16-22)31(49)42-17-25(38)32(50)45-26(14-19-5-8-21(37)9-6-19)33(51)44-23(18-54-29)4-3-13-41-36(39)40/h5-12,15-16,23,25-26H,3-4,13-14,17-18,37-38H2,1-2H3,(H,42,49)(H,43,48)(H,44,51)(H,45,50)(H4,39,40,41)/t23-,25+,26-/m0/s1. The third-order valence-electron chi connectivity index (χ3n) is 8.90. The van der Waals surface area contributed by atoms with E-state index in [1.54, 1.807) is 30.3 Å². The fourth-order valence-corrected chi connectivity index (χ4v) is 5.84. The van der Waals surface area contributed by atoms with Gasteiger partial charge in [0.2, 0.25) is 11.8 Å². The largest absolute Gasteiger partial charge is 0.491 e. The van der Waals surface area contributed by atoms with E-state index in [4.69, 9.17) is 27.7 Å². The van der Waals surface area contributed by atoms with Gasteiger partial charge in [0.05, 0.1) is 22.6 Å². The van der Waals surface area contributed by atoms with Crippen LogP contribution in [0.2, 0.25) is 0 Å². The maximum absolute atomic E-state index is 13.7.